The molecule has 1 atom stereocenters. The highest BCUT2D eigenvalue weighted by atomic mass is 35.5. The van der Waals surface area contributed by atoms with Crippen molar-refractivity contribution in [3.63, 3.8) is 0 Å². The zero-order valence-corrected chi connectivity index (χ0v) is 14.9. The van der Waals surface area contributed by atoms with Crippen LogP contribution in [0.5, 0.6) is 0 Å². The molecule has 2 N–H and O–H groups in total. The second kappa shape index (κ2) is 7.05. The monoisotopic (exact) mass is 352 g/mol. The molecule has 5 nitrogen and oxygen atoms in total. The largest absolute Gasteiger partial charge is 0.366 e. The summed E-state index contributed by atoms with van der Waals surface area (Å²) in [6.45, 7) is 3.72. The number of hydrogen-bond donors (Lipinski definition) is 2. The third-order valence-corrected chi connectivity index (χ3v) is 5.57. The lowest BCUT2D eigenvalue weighted by Crippen LogP contribution is -2.54. The van der Waals surface area contributed by atoms with Crippen molar-refractivity contribution in [3.05, 3.63) is 34.4 Å². The maximum atomic E-state index is 12.5. The Morgan fingerprint density at radius 1 is 1.39 bits per heavy atom. The predicted octanol–water partition coefficient (Wildman–Crippen LogP) is 2.37. The molecule has 1 aliphatic rings. The van der Waals surface area contributed by atoms with Crippen molar-refractivity contribution < 1.29 is 4.79 Å². The van der Waals surface area contributed by atoms with E-state index in [1.165, 1.54) is 11.3 Å². The van der Waals surface area contributed by atoms with Gasteiger partial charge in [0.05, 0.1) is 9.90 Å². The lowest BCUT2D eigenvalue weighted by atomic mass is 10.1. The molecule has 1 unspecified atom stereocenters. The minimum absolute atomic E-state index is 0.0487. The number of likely N-dealkylation sites (N-methyl/N-ethyl adjacent to an activating group) is 2. The second-order valence-corrected chi connectivity index (χ2v) is 7.71. The van der Waals surface area contributed by atoms with E-state index < -0.39 is 0 Å². The Morgan fingerprint density at radius 2 is 2.22 bits per heavy atom. The van der Waals surface area contributed by atoms with E-state index in [1.54, 1.807) is 6.20 Å². The summed E-state index contributed by atoms with van der Waals surface area (Å²) < 4.78 is 0.722. The van der Waals surface area contributed by atoms with E-state index in [2.05, 4.69) is 34.2 Å². The van der Waals surface area contributed by atoms with Crippen molar-refractivity contribution in [1.29, 1.82) is 0 Å². The van der Waals surface area contributed by atoms with Crippen LogP contribution >= 0.6 is 22.9 Å². The quantitative estimate of drug-likeness (QED) is 0.888. The van der Waals surface area contributed by atoms with Crippen molar-refractivity contribution in [3.8, 4) is 10.4 Å². The SMILES string of the molecule is CN1CCN(C)C(CNC(=O)c2c[nH]cc2-c2ccc(Cl)s2)C1. The van der Waals surface area contributed by atoms with E-state index in [0.717, 1.165) is 34.4 Å². The van der Waals surface area contributed by atoms with Gasteiger partial charge in [-0.15, -0.1) is 11.3 Å². The minimum Gasteiger partial charge on any atom is -0.366 e. The number of hydrogen-bond acceptors (Lipinski definition) is 4. The first-order chi connectivity index (χ1) is 11.0. The normalized spacial score (nSPS) is 19.9. The van der Waals surface area contributed by atoms with Gasteiger partial charge in [-0.2, -0.15) is 0 Å². The topological polar surface area (TPSA) is 51.4 Å². The fraction of sp³-hybridized carbons (Fsp3) is 0.438. The number of aromatic amines is 1. The number of piperazine rings is 1. The highest BCUT2D eigenvalue weighted by Gasteiger charge is 2.23. The lowest BCUT2D eigenvalue weighted by molar-refractivity contribution is 0.0882. The number of rotatable bonds is 4. The molecule has 3 heterocycles. The van der Waals surface area contributed by atoms with Gasteiger partial charge in [0.1, 0.15) is 0 Å². The number of carbonyl (C=O) groups is 1. The first kappa shape index (κ1) is 16.5. The molecule has 124 valence electrons. The van der Waals surface area contributed by atoms with Crippen molar-refractivity contribution in [2.75, 3.05) is 40.3 Å². The van der Waals surface area contributed by atoms with Crippen molar-refractivity contribution in [2.24, 2.45) is 0 Å². The molecule has 1 fully saturated rings. The molecule has 0 aliphatic carbocycles. The predicted molar refractivity (Wildman–Crippen MR) is 95.4 cm³/mol. The third-order valence-electron chi connectivity index (χ3n) is 4.31. The summed E-state index contributed by atoms with van der Waals surface area (Å²) >= 11 is 7.47. The van der Waals surface area contributed by atoms with Crippen LogP contribution in [0.1, 0.15) is 10.4 Å². The molecule has 3 rings (SSSR count). The number of nitrogens with one attached hydrogen (secondary N) is 2. The minimum atomic E-state index is -0.0487. The average Bonchev–Trinajstić information content (AvgIpc) is 3.16. The molecule has 0 aromatic carbocycles. The van der Waals surface area contributed by atoms with Gasteiger partial charge in [-0.1, -0.05) is 11.6 Å². The summed E-state index contributed by atoms with van der Waals surface area (Å²) in [6.07, 6.45) is 3.59. The van der Waals surface area contributed by atoms with E-state index in [-0.39, 0.29) is 5.91 Å². The number of amides is 1. The standard InChI is InChI=1S/C16H21ClN4OS/c1-20-5-6-21(2)11(10-20)7-19-16(22)13-9-18-8-12(13)14-3-4-15(17)23-14/h3-4,8-9,11,18H,5-7,10H2,1-2H3,(H,19,22). The molecule has 2 aromatic heterocycles. The van der Waals surface area contributed by atoms with Gasteiger partial charge in [0.2, 0.25) is 0 Å². The fourth-order valence-electron chi connectivity index (χ4n) is 2.84. The number of carbonyl (C=O) groups excluding carboxylic acids is 1. The molecule has 0 bridgehead atoms. The zero-order valence-electron chi connectivity index (χ0n) is 13.3. The van der Waals surface area contributed by atoms with Crippen LogP contribution in [-0.2, 0) is 0 Å². The summed E-state index contributed by atoms with van der Waals surface area (Å²) in [6, 6.07) is 4.14. The molecule has 0 radical (unpaired) electrons. The van der Waals surface area contributed by atoms with Crippen LogP contribution in [0.3, 0.4) is 0 Å². The Bertz CT molecular complexity index is 683. The molecule has 23 heavy (non-hydrogen) atoms. The maximum Gasteiger partial charge on any atom is 0.253 e. The number of thiophene rings is 1. The van der Waals surface area contributed by atoms with E-state index in [9.17, 15) is 4.79 Å². The van der Waals surface area contributed by atoms with Gasteiger partial charge >= 0.3 is 0 Å². The van der Waals surface area contributed by atoms with Crippen molar-refractivity contribution >= 4 is 28.8 Å². The van der Waals surface area contributed by atoms with Crippen LogP contribution in [0.15, 0.2) is 24.5 Å². The van der Waals surface area contributed by atoms with Gasteiger partial charge in [0, 0.05) is 55.1 Å². The Hall–Kier alpha value is -1.34. The number of aromatic nitrogens is 1. The summed E-state index contributed by atoms with van der Waals surface area (Å²) in [5, 5.41) is 3.07. The van der Waals surface area contributed by atoms with Crippen LogP contribution in [0.2, 0.25) is 4.34 Å². The van der Waals surface area contributed by atoms with Crippen LogP contribution < -0.4 is 5.32 Å². The second-order valence-electron chi connectivity index (χ2n) is 5.99. The smallest absolute Gasteiger partial charge is 0.253 e. The van der Waals surface area contributed by atoms with Crippen LogP contribution in [-0.4, -0.2) is 67.0 Å². The fourth-order valence-corrected chi connectivity index (χ4v) is 3.92. The lowest BCUT2D eigenvalue weighted by Gasteiger charge is -2.37. The Kier molecular flexibility index (Phi) is 5.06. The van der Waals surface area contributed by atoms with Crippen LogP contribution in [0.25, 0.3) is 10.4 Å². The molecule has 7 heteroatoms. The first-order valence-corrected chi connectivity index (χ1v) is 8.83. The third kappa shape index (κ3) is 3.77. The Balaban J connectivity index is 1.66. The van der Waals surface area contributed by atoms with Gasteiger partial charge in [-0.05, 0) is 26.2 Å². The molecule has 1 amide bonds. The first-order valence-electron chi connectivity index (χ1n) is 7.64. The summed E-state index contributed by atoms with van der Waals surface area (Å²) in [4.78, 5) is 21.2. The zero-order chi connectivity index (χ0) is 16.4. The van der Waals surface area contributed by atoms with Gasteiger partial charge in [0.15, 0.2) is 0 Å². The number of nitrogens with zero attached hydrogens (tertiary/aromatic N) is 2. The average molecular weight is 353 g/mol. The molecule has 2 aromatic rings. The summed E-state index contributed by atoms with van der Waals surface area (Å²) in [7, 11) is 4.23. The maximum absolute atomic E-state index is 12.5. The number of halogens is 1. The van der Waals surface area contributed by atoms with Crippen LogP contribution in [0.4, 0.5) is 0 Å². The van der Waals surface area contributed by atoms with Gasteiger partial charge in [0.25, 0.3) is 5.91 Å². The number of H-pyrrole nitrogens is 1. The van der Waals surface area contributed by atoms with Gasteiger partial charge in [-0.25, -0.2) is 0 Å². The van der Waals surface area contributed by atoms with E-state index >= 15 is 0 Å². The van der Waals surface area contributed by atoms with E-state index in [0.29, 0.717) is 18.2 Å². The molecular weight excluding hydrogens is 332 g/mol. The molecule has 0 spiro atoms. The molecule has 0 saturated carbocycles. The summed E-state index contributed by atoms with van der Waals surface area (Å²) in [5.74, 6) is -0.0487. The van der Waals surface area contributed by atoms with E-state index in [4.69, 9.17) is 11.6 Å². The van der Waals surface area contributed by atoms with Gasteiger partial charge in [-0.3, -0.25) is 9.69 Å². The highest BCUT2D eigenvalue weighted by Crippen LogP contribution is 2.33. The van der Waals surface area contributed by atoms with E-state index in [1.807, 2.05) is 18.3 Å². The van der Waals surface area contributed by atoms with Crippen LogP contribution in [0, 0.1) is 0 Å². The Labute approximate surface area is 145 Å². The van der Waals surface area contributed by atoms with Crippen molar-refractivity contribution in [2.45, 2.75) is 6.04 Å². The molecule has 1 aliphatic heterocycles. The van der Waals surface area contributed by atoms with Gasteiger partial charge < -0.3 is 15.2 Å². The summed E-state index contributed by atoms with van der Waals surface area (Å²) in [5.41, 5.74) is 1.56. The molecule has 1 saturated heterocycles. The Morgan fingerprint density at radius 3 is 2.96 bits per heavy atom. The van der Waals surface area contributed by atoms with Crippen molar-refractivity contribution in [1.82, 2.24) is 20.1 Å². The molecular formula is C16H21ClN4OS. The highest BCUT2D eigenvalue weighted by molar-refractivity contribution is 7.19.